The summed E-state index contributed by atoms with van der Waals surface area (Å²) >= 11 is 0. The lowest BCUT2D eigenvalue weighted by molar-refractivity contribution is -0.140. The zero-order valence-corrected chi connectivity index (χ0v) is 11.3. The first-order valence-electron chi connectivity index (χ1n) is 6.53. The Morgan fingerprint density at radius 1 is 1.09 bits per heavy atom. The van der Waals surface area contributed by atoms with Crippen molar-refractivity contribution in [3.05, 3.63) is 58.6 Å². The van der Waals surface area contributed by atoms with Crippen molar-refractivity contribution >= 4 is 23.3 Å². The Kier molecular flexibility index (Phi) is 3.21. The molecule has 1 heterocycles. The molecule has 0 saturated carbocycles. The predicted octanol–water partition coefficient (Wildman–Crippen LogP) is 1.67. The number of hydrogen-bond acceptors (Lipinski definition) is 5. The minimum absolute atomic E-state index is 0.0644. The van der Waals surface area contributed by atoms with Crippen LogP contribution in [0.25, 0.3) is 0 Å². The second-order valence-electron chi connectivity index (χ2n) is 4.88. The summed E-state index contributed by atoms with van der Waals surface area (Å²) in [6.45, 7) is 0. The first kappa shape index (κ1) is 13.9. The quantitative estimate of drug-likeness (QED) is 0.852. The van der Waals surface area contributed by atoms with Crippen molar-refractivity contribution in [2.24, 2.45) is 0 Å². The third-order valence-corrected chi connectivity index (χ3v) is 3.46. The third-order valence-electron chi connectivity index (χ3n) is 3.46. The molecule has 0 aromatic heterocycles. The van der Waals surface area contributed by atoms with Crippen LogP contribution in [0.5, 0.6) is 0 Å². The lowest BCUT2D eigenvalue weighted by atomic mass is 9.85. The number of carbonyl (C=O) groups is 4. The normalized spacial score (nSPS) is 16.5. The maximum absolute atomic E-state index is 12.4. The fraction of sp³-hybridized carbons (Fsp3) is 0.125. The van der Waals surface area contributed by atoms with E-state index in [1.807, 2.05) is 0 Å². The van der Waals surface area contributed by atoms with Gasteiger partial charge < -0.3 is 9.84 Å². The molecular weight excluding hydrogens is 288 g/mol. The Morgan fingerprint density at radius 3 is 2.36 bits per heavy atom. The summed E-state index contributed by atoms with van der Waals surface area (Å²) in [7, 11) is 0. The fourth-order valence-corrected chi connectivity index (χ4v) is 2.44. The standard InChI is InChI=1S/C16H10O6/c17-11(7-13(18)19)12-6-5-10-14(20)8-3-1-2-4-9(8)15(21)16(10)22-12/h1-4,6H,5,7H2,(H,18,19). The molecule has 110 valence electrons. The molecule has 1 aliphatic heterocycles. The highest BCUT2D eigenvalue weighted by Gasteiger charge is 2.36. The first-order valence-corrected chi connectivity index (χ1v) is 6.53. The molecule has 6 heteroatoms. The molecule has 6 nitrogen and oxygen atoms in total. The Balaban J connectivity index is 1.94. The van der Waals surface area contributed by atoms with Crippen LogP contribution in [-0.4, -0.2) is 28.4 Å². The zero-order valence-electron chi connectivity index (χ0n) is 11.3. The number of fused-ring (bicyclic) bond motifs is 1. The second kappa shape index (κ2) is 5.07. The molecule has 0 radical (unpaired) electrons. The third kappa shape index (κ3) is 2.14. The van der Waals surface area contributed by atoms with E-state index >= 15 is 0 Å². The van der Waals surface area contributed by atoms with Crippen molar-refractivity contribution in [1.82, 2.24) is 0 Å². The van der Waals surface area contributed by atoms with Gasteiger partial charge >= 0.3 is 5.97 Å². The van der Waals surface area contributed by atoms with E-state index in [4.69, 9.17) is 9.84 Å². The van der Waals surface area contributed by atoms with E-state index in [9.17, 15) is 19.2 Å². The molecule has 0 saturated heterocycles. The van der Waals surface area contributed by atoms with Crippen LogP contribution in [0.1, 0.15) is 33.6 Å². The number of allylic oxidation sites excluding steroid dienone is 4. The molecule has 1 N–H and O–H groups in total. The van der Waals surface area contributed by atoms with Gasteiger partial charge in [-0.05, 0) is 6.08 Å². The van der Waals surface area contributed by atoms with Crippen LogP contribution in [0.2, 0.25) is 0 Å². The Labute approximate surface area is 124 Å². The highest BCUT2D eigenvalue weighted by Crippen LogP contribution is 2.33. The highest BCUT2D eigenvalue weighted by atomic mass is 16.5. The number of hydrogen-bond donors (Lipinski definition) is 1. The van der Waals surface area contributed by atoms with Gasteiger partial charge in [0.2, 0.25) is 11.6 Å². The summed E-state index contributed by atoms with van der Waals surface area (Å²) in [5, 5.41) is 8.63. The molecule has 1 aromatic carbocycles. The summed E-state index contributed by atoms with van der Waals surface area (Å²) in [5.74, 6) is -3.20. The number of carboxylic acid groups (broad SMARTS) is 1. The smallest absolute Gasteiger partial charge is 0.311 e. The van der Waals surface area contributed by atoms with Crippen molar-refractivity contribution in [1.29, 1.82) is 0 Å². The molecule has 1 aromatic rings. The van der Waals surface area contributed by atoms with Gasteiger partial charge in [-0.2, -0.15) is 0 Å². The van der Waals surface area contributed by atoms with Gasteiger partial charge in [0.15, 0.2) is 17.3 Å². The fourth-order valence-electron chi connectivity index (χ4n) is 2.44. The van der Waals surface area contributed by atoms with Gasteiger partial charge in [-0.15, -0.1) is 0 Å². The zero-order chi connectivity index (χ0) is 15.9. The van der Waals surface area contributed by atoms with E-state index in [2.05, 4.69) is 0 Å². The number of carbonyl (C=O) groups excluding carboxylic acids is 3. The molecule has 1 aliphatic carbocycles. The summed E-state index contributed by atoms with van der Waals surface area (Å²) in [6.07, 6.45) is 0.672. The lowest BCUT2D eigenvalue weighted by Gasteiger charge is -2.24. The first-order chi connectivity index (χ1) is 10.5. The largest absolute Gasteiger partial charge is 0.481 e. The number of benzene rings is 1. The van der Waals surface area contributed by atoms with Gasteiger partial charge in [0.1, 0.15) is 6.42 Å². The number of aliphatic carboxylic acids is 1. The number of Topliss-reactive ketones (excluding diaryl/α,β-unsaturated/α-hetero) is 3. The van der Waals surface area contributed by atoms with Gasteiger partial charge in [0.05, 0.1) is 5.57 Å². The number of ketones is 3. The van der Waals surface area contributed by atoms with Crippen molar-refractivity contribution in [3.8, 4) is 0 Å². The van der Waals surface area contributed by atoms with Crippen LogP contribution >= 0.6 is 0 Å². The maximum atomic E-state index is 12.4. The summed E-state index contributed by atoms with van der Waals surface area (Å²) in [4.78, 5) is 47.1. The highest BCUT2D eigenvalue weighted by molar-refractivity contribution is 6.26. The second-order valence-corrected chi connectivity index (χ2v) is 4.88. The number of rotatable bonds is 3. The Hall–Kier alpha value is -3.02. The minimum Gasteiger partial charge on any atom is -0.481 e. The van der Waals surface area contributed by atoms with Gasteiger partial charge in [0, 0.05) is 17.5 Å². The van der Waals surface area contributed by atoms with Crippen LogP contribution < -0.4 is 0 Å². The maximum Gasteiger partial charge on any atom is 0.311 e. The van der Waals surface area contributed by atoms with Crippen LogP contribution in [0.15, 0.2) is 47.4 Å². The molecular formula is C16H10O6. The lowest BCUT2D eigenvalue weighted by Crippen LogP contribution is -2.27. The van der Waals surface area contributed by atoms with E-state index in [-0.39, 0.29) is 34.9 Å². The average molecular weight is 298 g/mol. The van der Waals surface area contributed by atoms with Gasteiger partial charge in [-0.25, -0.2) is 0 Å². The van der Waals surface area contributed by atoms with E-state index in [0.717, 1.165) is 0 Å². The SMILES string of the molecule is O=C(O)CC(=O)C1=CCC2=C(O1)C(=O)c1ccccc1C2=O. The predicted molar refractivity (Wildman–Crippen MR) is 73.2 cm³/mol. The van der Waals surface area contributed by atoms with E-state index < -0.39 is 24.0 Å². The number of ether oxygens (including phenoxy) is 1. The van der Waals surface area contributed by atoms with E-state index in [1.54, 1.807) is 18.2 Å². The van der Waals surface area contributed by atoms with Crippen LogP contribution in [0.3, 0.4) is 0 Å². The van der Waals surface area contributed by atoms with E-state index in [1.165, 1.54) is 12.1 Å². The van der Waals surface area contributed by atoms with Crippen LogP contribution in [0, 0.1) is 0 Å². The van der Waals surface area contributed by atoms with Crippen molar-refractivity contribution < 1.29 is 29.0 Å². The molecule has 0 spiro atoms. The summed E-state index contributed by atoms with van der Waals surface area (Å²) in [6, 6.07) is 6.37. The molecule has 0 atom stereocenters. The average Bonchev–Trinajstić information content (AvgIpc) is 2.51. The summed E-state index contributed by atoms with van der Waals surface area (Å²) in [5.41, 5.74) is 0.720. The molecule has 0 unspecified atom stereocenters. The van der Waals surface area contributed by atoms with Crippen LogP contribution in [-0.2, 0) is 14.3 Å². The molecule has 22 heavy (non-hydrogen) atoms. The van der Waals surface area contributed by atoms with Crippen LogP contribution in [0.4, 0.5) is 0 Å². The molecule has 0 bridgehead atoms. The Morgan fingerprint density at radius 2 is 1.73 bits per heavy atom. The van der Waals surface area contributed by atoms with Crippen molar-refractivity contribution in [3.63, 3.8) is 0 Å². The summed E-state index contributed by atoms with van der Waals surface area (Å²) < 4.78 is 5.25. The Bertz CT molecular complexity index is 797. The minimum atomic E-state index is -1.29. The van der Waals surface area contributed by atoms with Gasteiger partial charge in [0.25, 0.3) is 0 Å². The topological polar surface area (TPSA) is 97.7 Å². The van der Waals surface area contributed by atoms with Gasteiger partial charge in [-0.1, -0.05) is 24.3 Å². The molecule has 0 fully saturated rings. The molecule has 2 aliphatic rings. The number of carboxylic acids is 1. The van der Waals surface area contributed by atoms with Crippen molar-refractivity contribution in [2.75, 3.05) is 0 Å². The van der Waals surface area contributed by atoms with Gasteiger partial charge in [-0.3, -0.25) is 19.2 Å². The monoisotopic (exact) mass is 298 g/mol. The molecule has 3 rings (SSSR count). The van der Waals surface area contributed by atoms with Crippen molar-refractivity contribution in [2.45, 2.75) is 12.8 Å². The molecule has 0 amide bonds. The van der Waals surface area contributed by atoms with E-state index in [0.29, 0.717) is 5.56 Å².